The van der Waals surface area contributed by atoms with E-state index in [0.29, 0.717) is 39.4 Å². The molecule has 0 bridgehead atoms. The van der Waals surface area contributed by atoms with Crippen molar-refractivity contribution in [1.29, 1.82) is 0 Å². The van der Waals surface area contributed by atoms with Gasteiger partial charge in [-0.15, -0.1) is 11.3 Å². The first kappa shape index (κ1) is 23.2. The number of anilines is 2. The summed E-state index contributed by atoms with van der Waals surface area (Å²) in [5.74, 6) is 0.954. The zero-order valence-electron chi connectivity index (χ0n) is 18.9. The van der Waals surface area contributed by atoms with E-state index in [2.05, 4.69) is 13.8 Å². The predicted octanol–water partition coefficient (Wildman–Crippen LogP) is 5.88. The van der Waals surface area contributed by atoms with Gasteiger partial charge in [-0.05, 0) is 36.6 Å². The monoisotopic (exact) mass is 478 g/mol. The molecule has 0 fully saturated rings. The molecule has 0 saturated heterocycles. The smallest absolute Gasteiger partial charge is 0.262 e. The molecule has 2 aromatic heterocycles. The molecule has 2 heterocycles. The molecule has 0 unspecified atom stereocenters. The molecule has 0 radical (unpaired) electrons. The Morgan fingerprint density at radius 1 is 1.09 bits per heavy atom. The normalized spacial score (nSPS) is 11.3. The number of amides is 1. The number of thiazole rings is 1. The van der Waals surface area contributed by atoms with Gasteiger partial charge in [0.25, 0.3) is 5.56 Å². The first-order chi connectivity index (χ1) is 15.9. The van der Waals surface area contributed by atoms with E-state index in [1.807, 2.05) is 60.0 Å². The summed E-state index contributed by atoms with van der Waals surface area (Å²) in [6.45, 7) is 6.47. The molecule has 1 amide bonds. The summed E-state index contributed by atoms with van der Waals surface area (Å²) in [7, 11) is 0. The van der Waals surface area contributed by atoms with Gasteiger partial charge in [0.1, 0.15) is 0 Å². The SMILES string of the molecule is CC(=O)N(c1ccccc1)c1nc(CSc2nc3ccccc3c(=O)n2CCC(C)C)cs1. The van der Waals surface area contributed by atoms with Crippen molar-refractivity contribution in [3.8, 4) is 0 Å². The van der Waals surface area contributed by atoms with Gasteiger partial charge in [-0.3, -0.25) is 19.1 Å². The minimum Gasteiger partial charge on any atom is -0.287 e. The highest BCUT2D eigenvalue weighted by molar-refractivity contribution is 7.98. The molecule has 4 rings (SSSR count). The van der Waals surface area contributed by atoms with Crippen molar-refractivity contribution in [2.75, 3.05) is 4.90 Å². The molecule has 0 atom stereocenters. The maximum Gasteiger partial charge on any atom is 0.262 e. The lowest BCUT2D eigenvalue weighted by atomic mass is 10.1. The van der Waals surface area contributed by atoms with Crippen molar-refractivity contribution in [2.45, 2.75) is 44.6 Å². The van der Waals surface area contributed by atoms with E-state index in [1.54, 1.807) is 9.47 Å². The summed E-state index contributed by atoms with van der Waals surface area (Å²) >= 11 is 2.93. The van der Waals surface area contributed by atoms with Crippen molar-refractivity contribution in [3.63, 3.8) is 0 Å². The van der Waals surface area contributed by atoms with E-state index in [1.165, 1.54) is 30.0 Å². The Balaban J connectivity index is 1.60. The molecule has 0 saturated carbocycles. The predicted molar refractivity (Wildman–Crippen MR) is 136 cm³/mol. The Morgan fingerprint density at radius 2 is 1.82 bits per heavy atom. The summed E-state index contributed by atoms with van der Waals surface area (Å²) in [5.41, 5.74) is 2.34. The summed E-state index contributed by atoms with van der Waals surface area (Å²) in [5, 5.41) is 3.92. The summed E-state index contributed by atoms with van der Waals surface area (Å²) in [4.78, 5) is 36.6. The molecule has 170 valence electrons. The second-order valence-electron chi connectivity index (χ2n) is 8.15. The third-order valence-corrected chi connectivity index (χ3v) is 7.05. The Hall–Kier alpha value is -2.97. The van der Waals surface area contributed by atoms with Crippen LogP contribution in [0.3, 0.4) is 0 Å². The van der Waals surface area contributed by atoms with Gasteiger partial charge in [-0.1, -0.05) is 55.9 Å². The van der Waals surface area contributed by atoms with Crippen LogP contribution in [0.2, 0.25) is 0 Å². The molecule has 0 N–H and O–H groups in total. The number of fused-ring (bicyclic) bond motifs is 1. The van der Waals surface area contributed by atoms with Crippen LogP contribution in [0.25, 0.3) is 10.9 Å². The van der Waals surface area contributed by atoms with Crippen LogP contribution in [0.1, 0.15) is 32.9 Å². The topological polar surface area (TPSA) is 68.1 Å². The average molecular weight is 479 g/mol. The first-order valence-electron chi connectivity index (χ1n) is 10.9. The summed E-state index contributed by atoms with van der Waals surface area (Å²) in [6, 6.07) is 17.0. The fourth-order valence-corrected chi connectivity index (χ4v) is 5.36. The molecule has 33 heavy (non-hydrogen) atoms. The molecule has 4 aromatic rings. The van der Waals surface area contributed by atoms with E-state index in [4.69, 9.17) is 9.97 Å². The Morgan fingerprint density at radius 3 is 2.55 bits per heavy atom. The summed E-state index contributed by atoms with van der Waals surface area (Å²) < 4.78 is 1.78. The third kappa shape index (κ3) is 5.34. The van der Waals surface area contributed by atoms with Gasteiger partial charge in [-0.2, -0.15) is 0 Å². The molecule has 8 heteroatoms. The third-order valence-electron chi connectivity index (χ3n) is 5.17. The number of carbonyl (C=O) groups excluding carboxylic acids is 1. The van der Waals surface area contributed by atoms with Gasteiger partial charge >= 0.3 is 0 Å². The number of carbonyl (C=O) groups is 1. The highest BCUT2D eigenvalue weighted by atomic mass is 32.2. The maximum absolute atomic E-state index is 13.2. The van der Waals surface area contributed by atoms with Gasteiger partial charge in [0.05, 0.1) is 22.3 Å². The van der Waals surface area contributed by atoms with Crippen LogP contribution >= 0.6 is 23.1 Å². The molecular weight excluding hydrogens is 452 g/mol. The first-order valence-corrected chi connectivity index (χ1v) is 12.7. The van der Waals surface area contributed by atoms with Gasteiger partial charge < -0.3 is 0 Å². The standard InChI is InChI=1S/C25H26N4O2S2/c1-17(2)13-14-28-23(31)21-11-7-8-12-22(21)27-24(28)32-15-19-16-33-25(26-19)29(18(3)30)20-9-5-4-6-10-20/h4-12,16-17H,13-15H2,1-3H3. The maximum atomic E-state index is 13.2. The van der Waals surface area contributed by atoms with Gasteiger partial charge in [0, 0.05) is 24.6 Å². The second kappa shape index (κ2) is 10.3. The lowest BCUT2D eigenvalue weighted by molar-refractivity contribution is -0.115. The fraction of sp³-hybridized carbons (Fsp3) is 0.280. The van der Waals surface area contributed by atoms with Crippen LogP contribution in [0.4, 0.5) is 10.8 Å². The van der Waals surface area contributed by atoms with Crippen LogP contribution in [0.15, 0.2) is 69.9 Å². The number of hydrogen-bond donors (Lipinski definition) is 0. The number of thioether (sulfide) groups is 1. The molecule has 0 spiro atoms. The van der Waals surface area contributed by atoms with E-state index < -0.39 is 0 Å². The molecule has 0 aliphatic heterocycles. The number of nitrogens with zero attached hydrogens (tertiary/aromatic N) is 4. The van der Waals surface area contributed by atoms with Gasteiger partial charge in [0.2, 0.25) is 5.91 Å². The highest BCUT2D eigenvalue weighted by Gasteiger charge is 2.18. The van der Waals surface area contributed by atoms with E-state index >= 15 is 0 Å². The minimum atomic E-state index is -0.0894. The van der Waals surface area contributed by atoms with Crippen LogP contribution in [-0.4, -0.2) is 20.4 Å². The second-order valence-corrected chi connectivity index (χ2v) is 9.93. The number of benzene rings is 2. The molecule has 0 aliphatic carbocycles. The lowest BCUT2D eigenvalue weighted by Crippen LogP contribution is -2.24. The number of rotatable bonds is 8. The Kier molecular flexibility index (Phi) is 7.25. The Bertz CT molecular complexity index is 1310. The van der Waals surface area contributed by atoms with Crippen LogP contribution in [-0.2, 0) is 17.1 Å². The van der Waals surface area contributed by atoms with Crippen molar-refractivity contribution in [2.24, 2.45) is 5.92 Å². The zero-order valence-corrected chi connectivity index (χ0v) is 20.5. The van der Waals surface area contributed by atoms with Gasteiger partial charge in [0.15, 0.2) is 10.3 Å². The molecule has 0 aliphatic rings. The zero-order chi connectivity index (χ0) is 23.4. The highest BCUT2D eigenvalue weighted by Crippen LogP contribution is 2.31. The quantitative estimate of drug-likeness (QED) is 0.234. The minimum absolute atomic E-state index is 0.00505. The van der Waals surface area contributed by atoms with E-state index in [9.17, 15) is 9.59 Å². The van der Waals surface area contributed by atoms with E-state index in [-0.39, 0.29) is 11.5 Å². The van der Waals surface area contributed by atoms with Crippen molar-refractivity contribution >= 4 is 50.7 Å². The number of aromatic nitrogens is 3. The van der Waals surface area contributed by atoms with Crippen LogP contribution in [0, 0.1) is 5.92 Å². The van der Waals surface area contributed by atoms with Crippen LogP contribution < -0.4 is 10.5 Å². The molecule has 2 aromatic carbocycles. The van der Waals surface area contributed by atoms with Crippen molar-refractivity contribution in [1.82, 2.24) is 14.5 Å². The van der Waals surface area contributed by atoms with E-state index in [0.717, 1.165) is 17.8 Å². The average Bonchev–Trinajstić information content (AvgIpc) is 3.26. The van der Waals surface area contributed by atoms with Crippen LogP contribution in [0.5, 0.6) is 0 Å². The lowest BCUT2D eigenvalue weighted by Gasteiger charge is -2.17. The number of hydrogen-bond acceptors (Lipinski definition) is 6. The largest absolute Gasteiger partial charge is 0.287 e. The van der Waals surface area contributed by atoms with Gasteiger partial charge in [-0.25, -0.2) is 9.97 Å². The van der Waals surface area contributed by atoms with Crippen molar-refractivity contribution in [3.05, 3.63) is 76.0 Å². The summed E-state index contributed by atoms with van der Waals surface area (Å²) in [6.07, 6.45) is 0.902. The fourth-order valence-electron chi connectivity index (χ4n) is 3.45. The van der Waals surface area contributed by atoms with Crippen molar-refractivity contribution < 1.29 is 4.79 Å². The molecule has 6 nitrogen and oxygen atoms in total. The molecular formula is C25H26N4O2S2. The Labute approximate surface area is 201 Å². The number of para-hydroxylation sites is 2.